The third kappa shape index (κ3) is 4.77. The average molecular weight is 400 g/mol. The predicted octanol–water partition coefficient (Wildman–Crippen LogP) is 3.80. The van der Waals surface area contributed by atoms with E-state index in [9.17, 15) is 4.79 Å². The lowest BCUT2D eigenvalue weighted by atomic mass is 9.92. The van der Waals surface area contributed by atoms with Crippen molar-refractivity contribution in [1.82, 2.24) is 15.2 Å². The summed E-state index contributed by atoms with van der Waals surface area (Å²) in [4.78, 5) is 19.3. The van der Waals surface area contributed by atoms with Crippen LogP contribution in [0.25, 0.3) is 0 Å². The van der Waals surface area contributed by atoms with Crippen LogP contribution in [0.15, 0.2) is 79.0 Å². The third-order valence-electron chi connectivity index (χ3n) is 6.18. The Bertz CT molecular complexity index is 947. The second-order valence-electron chi connectivity index (χ2n) is 8.29. The van der Waals surface area contributed by atoms with Crippen LogP contribution < -0.4 is 5.32 Å². The summed E-state index contributed by atoms with van der Waals surface area (Å²) in [5.41, 5.74) is 4.91. The van der Waals surface area contributed by atoms with Crippen LogP contribution in [0.2, 0.25) is 0 Å². The minimum Gasteiger partial charge on any atom is -0.354 e. The summed E-state index contributed by atoms with van der Waals surface area (Å²) in [6, 6.07) is 25.0. The van der Waals surface area contributed by atoms with E-state index >= 15 is 0 Å². The molecule has 1 heterocycles. The van der Waals surface area contributed by atoms with Crippen molar-refractivity contribution in [3.05, 3.63) is 101 Å². The zero-order valence-electron chi connectivity index (χ0n) is 17.6. The second-order valence-corrected chi connectivity index (χ2v) is 8.29. The number of hydrogen-bond donors (Lipinski definition) is 1. The number of likely N-dealkylation sites (N-methyl/N-ethyl adjacent to an activating group) is 1. The summed E-state index contributed by atoms with van der Waals surface area (Å²) in [7, 11) is 2.18. The fourth-order valence-electron chi connectivity index (χ4n) is 4.37. The van der Waals surface area contributed by atoms with E-state index in [0.29, 0.717) is 19.4 Å². The van der Waals surface area contributed by atoms with E-state index in [1.807, 2.05) is 24.3 Å². The van der Waals surface area contributed by atoms with Crippen molar-refractivity contribution in [3.8, 4) is 0 Å². The molecule has 1 aliphatic carbocycles. The van der Waals surface area contributed by atoms with E-state index in [1.165, 1.54) is 16.7 Å². The minimum atomic E-state index is -0.111. The van der Waals surface area contributed by atoms with Gasteiger partial charge >= 0.3 is 0 Å². The molecule has 1 N–H and O–H groups in total. The number of aromatic nitrogens is 1. The summed E-state index contributed by atoms with van der Waals surface area (Å²) < 4.78 is 0. The van der Waals surface area contributed by atoms with Gasteiger partial charge in [0.2, 0.25) is 5.91 Å². The topological polar surface area (TPSA) is 45.2 Å². The maximum Gasteiger partial charge on any atom is 0.220 e. The molecule has 1 aliphatic rings. The number of pyridine rings is 1. The van der Waals surface area contributed by atoms with Crippen LogP contribution in [0.1, 0.15) is 28.8 Å². The molecule has 154 valence electrons. The number of fused-ring (bicyclic) bond motifs is 1. The SMILES string of the molecule is CN(Cc1ccccc1)C1(CNC(=O)CCc2ccccn2)Cc2ccccc2C1. The number of nitrogens with one attached hydrogen (secondary N) is 1. The van der Waals surface area contributed by atoms with Gasteiger partial charge in [0.1, 0.15) is 0 Å². The second kappa shape index (κ2) is 9.23. The molecule has 30 heavy (non-hydrogen) atoms. The van der Waals surface area contributed by atoms with Crippen LogP contribution in [0.5, 0.6) is 0 Å². The van der Waals surface area contributed by atoms with Gasteiger partial charge in [-0.25, -0.2) is 0 Å². The highest BCUT2D eigenvalue weighted by Crippen LogP contribution is 2.34. The molecule has 0 saturated heterocycles. The van der Waals surface area contributed by atoms with Gasteiger partial charge in [0, 0.05) is 36.9 Å². The molecule has 0 aliphatic heterocycles. The smallest absolute Gasteiger partial charge is 0.220 e. The van der Waals surface area contributed by atoms with Gasteiger partial charge < -0.3 is 5.32 Å². The van der Waals surface area contributed by atoms with Gasteiger partial charge in [-0.1, -0.05) is 60.7 Å². The largest absolute Gasteiger partial charge is 0.354 e. The van der Waals surface area contributed by atoms with Crippen molar-refractivity contribution < 1.29 is 4.79 Å². The van der Waals surface area contributed by atoms with Gasteiger partial charge in [0.15, 0.2) is 0 Å². The van der Waals surface area contributed by atoms with Gasteiger partial charge in [0.05, 0.1) is 0 Å². The molecule has 0 unspecified atom stereocenters. The summed E-state index contributed by atoms with van der Waals surface area (Å²) in [6.45, 7) is 1.50. The van der Waals surface area contributed by atoms with Gasteiger partial charge in [-0.15, -0.1) is 0 Å². The third-order valence-corrected chi connectivity index (χ3v) is 6.18. The molecule has 0 bridgehead atoms. The molecule has 0 radical (unpaired) electrons. The maximum absolute atomic E-state index is 12.6. The molecule has 0 saturated carbocycles. The Morgan fingerprint density at radius 1 is 0.967 bits per heavy atom. The zero-order chi connectivity index (χ0) is 20.8. The van der Waals surface area contributed by atoms with Crippen molar-refractivity contribution in [1.29, 1.82) is 0 Å². The molecule has 1 aromatic heterocycles. The van der Waals surface area contributed by atoms with Crippen LogP contribution in [-0.2, 0) is 30.6 Å². The number of nitrogens with zero attached hydrogens (tertiary/aromatic N) is 2. The van der Waals surface area contributed by atoms with E-state index in [1.54, 1.807) is 6.20 Å². The Hall–Kier alpha value is -2.98. The summed E-state index contributed by atoms with van der Waals surface area (Å²) in [5, 5.41) is 3.23. The summed E-state index contributed by atoms with van der Waals surface area (Å²) in [6.07, 6.45) is 4.80. The Morgan fingerprint density at radius 3 is 2.30 bits per heavy atom. The Morgan fingerprint density at radius 2 is 1.63 bits per heavy atom. The molecule has 2 aromatic carbocycles. The van der Waals surface area contributed by atoms with Crippen molar-refractivity contribution in [2.45, 2.75) is 37.8 Å². The van der Waals surface area contributed by atoms with Crippen molar-refractivity contribution in [2.24, 2.45) is 0 Å². The van der Waals surface area contributed by atoms with Crippen LogP contribution in [-0.4, -0.2) is 34.9 Å². The number of hydrogen-bond acceptors (Lipinski definition) is 3. The normalized spacial score (nSPS) is 14.5. The summed E-state index contributed by atoms with van der Waals surface area (Å²) >= 11 is 0. The quantitative estimate of drug-likeness (QED) is 0.627. The van der Waals surface area contributed by atoms with Crippen molar-refractivity contribution in [3.63, 3.8) is 0 Å². The lowest BCUT2D eigenvalue weighted by molar-refractivity contribution is -0.121. The minimum absolute atomic E-state index is 0.0871. The number of benzene rings is 2. The van der Waals surface area contributed by atoms with Crippen LogP contribution in [0, 0.1) is 0 Å². The van der Waals surface area contributed by atoms with Crippen LogP contribution in [0.4, 0.5) is 0 Å². The first kappa shape index (κ1) is 20.3. The molecule has 3 aromatic rings. The fraction of sp³-hybridized carbons (Fsp3) is 0.308. The Kier molecular flexibility index (Phi) is 6.24. The predicted molar refractivity (Wildman–Crippen MR) is 120 cm³/mol. The molecule has 4 nitrogen and oxygen atoms in total. The van der Waals surface area contributed by atoms with Crippen LogP contribution >= 0.6 is 0 Å². The van der Waals surface area contributed by atoms with Gasteiger partial charge in [-0.2, -0.15) is 0 Å². The first-order valence-electron chi connectivity index (χ1n) is 10.6. The van der Waals surface area contributed by atoms with Gasteiger partial charge in [-0.3, -0.25) is 14.7 Å². The highest BCUT2D eigenvalue weighted by molar-refractivity contribution is 5.76. The Labute approximate surface area is 179 Å². The monoisotopic (exact) mass is 399 g/mol. The first-order valence-corrected chi connectivity index (χ1v) is 10.6. The number of carbonyl (C=O) groups excluding carboxylic acids is 1. The van der Waals surface area contributed by atoms with Gasteiger partial charge in [-0.05, 0) is 55.1 Å². The van der Waals surface area contributed by atoms with Crippen molar-refractivity contribution >= 4 is 5.91 Å². The molecule has 0 atom stereocenters. The molecule has 4 heteroatoms. The molecule has 4 rings (SSSR count). The standard InChI is InChI=1S/C26H29N3O/c1-29(19-21-9-3-2-4-10-21)26(17-22-11-5-6-12-23(22)18-26)20-28-25(30)15-14-24-13-7-8-16-27-24/h2-13,16H,14-15,17-20H2,1H3,(H,28,30). The number of aryl methyl sites for hydroxylation is 1. The van der Waals surface area contributed by atoms with E-state index < -0.39 is 0 Å². The molecule has 0 fully saturated rings. The van der Waals surface area contributed by atoms with E-state index in [4.69, 9.17) is 0 Å². The lowest BCUT2D eigenvalue weighted by Gasteiger charge is -2.39. The van der Waals surface area contributed by atoms with Crippen molar-refractivity contribution in [2.75, 3.05) is 13.6 Å². The molecule has 1 amide bonds. The molecular weight excluding hydrogens is 370 g/mol. The van der Waals surface area contributed by atoms with Crippen LogP contribution in [0.3, 0.4) is 0 Å². The first-order chi connectivity index (χ1) is 14.6. The van der Waals surface area contributed by atoms with E-state index in [0.717, 1.165) is 25.1 Å². The lowest BCUT2D eigenvalue weighted by Crippen LogP contribution is -2.54. The van der Waals surface area contributed by atoms with E-state index in [-0.39, 0.29) is 11.4 Å². The fourth-order valence-corrected chi connectivity index (χ4v) is 4.37. The zero-order valence-corrected chi connectivity index (χ0v) is 17.6. The van der Waals surface area contributed by atoms with E-state index in [2.05, 4.69) is 70.8 Å². The molecule has 0 spiro atoms. The Balaban J connectivity index is 1.44. The molecular formula is C26H29N3O. The number of carbonyl (C=O) groups is 1. The highest BCUT2D eigenvalue weighted by Gasteiger charge is 2.40. The average Bonchev–Trinajstić information content (AvgIpc) is 3.18. The maximum atomic E-state index is 12.6. The summed E-state index contributed by atoms with van der Waals surface area (Å²) in [5.74, 6) is 0.0871. The highest BCUT2D eigenvalue weighted by atomic mass is 16.1. The number of rotatable bonds is 8. The number of amides is 1. The van der Waals surface area contributed by atoms with Gasteiger partial charge in [0.25, 0.3) is 0 Å².